The molecule has 0 radical (unpaired) electrons. The summed E-state index contributed by atoms with van der Waals surface area (Å²) in [6.45, 7) is 4.08. The van der Waals surface area contributed by atoms with E-state index in [1.165, 1.54) is 0 Å². The van der Waals surface area contributed by atoms with Crippen LogP contribution < -0.4 is 10.1 Å². The first-order valence-corrected chi connectivity index (χ1v) is 8.71. The van der Waals surface area contributed by atoms with Gasteiger partial charge in [-0.15, -0.1) is 0 Å². The molecule has 1 atom stereocenters. The first kappa shape index (κ1) is 20.2. The Kier molecular flexibility index (Phi) is 7.16. The number of para-hydroxylation sites is 1. The van der Waals surface area contributed by atoms with Gasteiger partial charge < -0.3 is 20.1 Å². The van der Waals surface area contributed by atoms with E-state index in [1.54, 1.807) is 44.3 Å². The van der Waals surface area contributed by atoms with E-state index in [2.05, 4.69) is 10.3 Å². The number of urea groups is 1. The number of ether oxygens (including phenoxy) is 1. The second kappa shape index (κ2) is 9.56. The number of carboxylic acid groups (broad SMARTS) is 1. The molecule has 0 bridgehead atoms. The Labute approximate surface area is 159 Å². The van der Waals surface area contributed by atoms with Gasteiger partial charge in [-0.05, 0) is 23.6 Å². The lowest BCUT2D eigenvalue weighted by Crippen LogP contribution is -2.49. The summed E-state index contributed by atoms with van der Waals surface area (Å²) >= 11 is 0. The zero-order valence-electron chi connectivity index (χ0n) is 15.8. The molecule has 0 unspecified atom stereocenters. The number of hydrogen-bond donors (Lipinski definition) is 2. The second-order valence-electron chi connectivity index (χ2n) is 6.54. The van der Waals surface area contributed by atoms with Crippen LogP contribution in [-0.2, 0) is 17.9 Å². The number of hydrogen-bond acceptors (Lipinski definition) is 4. The smallest absolute Gasteiger partial charge is 0.326 e. The highest BCUT2D eigenvalue weighted by Gasteiger charge is 2.26. The summed E-state index contributed by atoms with van der Waals surface area (Å²) in [6.07, 6.45) is 3.34. The molecule has 27 heavy (non-hydrogen) atoms. The number of nitrogens with one attached hydrogen (secondary N) is 1. The molecule has 0 aliphatic carbocycles. The van der Waals surface area contributed by atoms with Crippen molar-refractivity contribution in [2.75, 3.05) is 7.11 Å². The van der Waals surface area contributed by atoms with Gasteiger partial charge in [0.25, 0.3) is 0 Å². The largest absolute Gasteiger partial charge is 0.496 e. The van der Waals surface area contributed by atoms with Crippen LogP contribution in [0.25, 0.3) is 0 Å². The number of pyridine rings is 1. The number of rotatable bonds is 8. The van der Waals surface area contributed by atoms with Crippen LogP contribution in [0.1, 0.15) is 25.0 Å². The molecular weight excluding hydrogens is 346 g/mol. The van der Waals surface area contributed by atoms with E-state index in [0.29, 0.717) is 12.3 Å². The Hall–Kier alpha value is -3.09. The maximum absolute atomic E-state index is 12.9. The standard InChI is InChI=1S/C20H25N3O4/c1-14(2)18(19(24)25)22-20(26)23(12-15-7-6-10-21-11-15)13-16-8-4-5-9-17(16)27-3/h4-11,14,18H,12-13H2,1-3H3,(H,22,26)(H,24,25)/t18-/m1/s1. The Balaban J connectivity index is 2.25. The maximum atomic E-state index is 12.9. The fraction of sp³-hybridized carbons (Fsp3) is 0.350. The molecule has 2 aromatic rings. The average Bonchev–Trinajstić information content (AvgIpc) is 2.66. The number of amides is 2. The molecule has 7 nitrogen and oxygen atoms in total. The maximum Gasteiger partial charge on any atom is 0.326 e. The summed E-state index contributed by atoms with van der Waals surface area (Å²) < 4.78 is 5.37. The summed E-state index contributed by atoms with van der Waals surface area (Å²) in [5.74, 6) is -0.630. The fourth-order valence-corrected chi connectivity index (χ4v) is 2.69. The summed E-state index contributed by atoms with van der Waals surface area (Å²) in [7, 11) is 1.57. The van der Waals surface area contributed by atoms with Crippen molar-refractivity contribution in [3.05, 3.63) is 59.9 Å². The number of carbonyl (C=O) groups excluding carboxylic acids is 1. The summed E-state index contributed by atoms with van der Waals surface area (Å²) in [6, 6.07) is 9.66. The molecule has 1 aromatic heterocycles. The highest BCUT2D eigenvalue weighted by atomic mass is 16.5. The van der Waals surface area contributed by atoms with Crippen LogP contribution in [-0.4, -0.2) is 40.1 Å². The lowest BCUT2D eigenvalue weighted by atomic mass is 10.1. The normalized spacial score (nSPS) is 11.7. The number of carboxylic acids is 1. The number of benzene rings is 1. The van der Waals surface area contributed by atoms with Gasteiger partial charge in [-0.3, -0.25) is 4.98 Å². The minimum atomic E-state index is -1.06. The van der Waals surface area contributed by atoms with Crippen LogP contribution in [0.15, 0.2) is 48.8 Å². The van der Waals surface area contributed by atoms with E-state index >= 15 is 0 Å². The van der Waals surface area contributed by atoms with Gasteiger partial charge >= 0.3 is 12.0 Å². The van der Waals surface area contributed by atoms with Crippen LogP contribution in [0, 0.1) is 5.92 Å². The topological polar surface area (TPSA) is 91.8 Å². The van der Waals surface area contributed by atoms with E-state index in [9.17, 15) is 14.7 Å². The van der Waals surface area contributed by atoms with Crippen molar-refractivity contribution in [3.63, 3.8) is 0 Å². The third-order valence-corrected chi connectivity index (χ3v) is 4.15. The van der Waals surface area contributed by atoms with Gasteiger partial charge in [0, 0.05) is 24.5 Å². The zero-order chi connectivity index (χ0) is 19.8. The van der Waals surface area contributed by atoms with Crippen LogP contribution in [0.4, 0.5) is 4.79 Å². The Morgan fingerprint density at radius 3 is 2.52 bits per heavy atom. The monoisotopic (exact) mass is 371 g/mol. The minimum absolute atomic E-state index is 0.238. The first-order chi connectivity index (χ1) is 12.9. The van der Waals surface area contributed by atoms with Crippen LogP contribution >= 0.6 is 0 Å². The highest BCUT2D eigenvalue weighted by molar-refractivity contribution is 5.82. The third kappa shape index (κ3) is 5.70. The van der Waals surface area contributed by atoms with E-state index in [0.717, 1.165) is 11.1 Å². The summed E-state index contributed by atoms with van der Waals surface area (Å²) in [5, 5.41) is 12.0. The SMILES string of the molecule is COc1ccccc1CN(Cc1cccnc1)C(=O)N[C@@H](C(=O)O)C(C)C. The Bertz CT molecular complexity index is 765. The van der Waals surface area contributed by atoms with Crippen molar-refractivity contribution < 1.29 is 19.4 Å². The number of carbonyl (C=O) groups is 2. The predicted octanol–water partition coefficient (Wildman–Crippen LogP) is 2.91. The first-order valence-electron chi connectivity index (χ1n) is 8.71. The van der Waals surface area contributed by atoms with Gasteiger partial charge in [0.2, 0.25) is 0 Å². The van der Waals surface area contributed by atoms with Crippen molar-refractivity contribution in [1.29, 1.82) is 0 Å². The average molecular weight is 371 g/mol. The van der Waals surface area contributed by atoms with Gasteiger partial charge in [-0.1, -0.05) is 38.1 Å². The van der Waals surface area contributed by atoms with Gasteiger partial charge in [-0.2, -0.15) is 0 Å². The van der Waals surface area contributed by atoms with Crippen molar-refractivity contribution >= 4 is 12.0 Å². The molecule has 1 heterocycles. The van der Waals surface area contributed by atoms with Gasteiger partial charge in [-0.25, -0.2) is 9.59 Å². The van der Waals surface area contributed by atoms with Gasteiger partial charge in [0.05, 0.1) is 13.7 Å². The second-order valence-corrected chi connectivity index (χ2v) is 6.54. The molecule has 2 rings (SSSR count). The lowest BCUT2D eigenvalue weighted by Gasteiger charge is -2.27. The molecule has 7 heteroatoms. The number of aliphatic carboxylic acids is 1. The van der Waals surface area contributed by atoms with E-state index in [-0.39, 0.29) is 12.5 Å². The molecule has 1 aromatic carbocycles. The van der Waals surface area contributed by atoms with Gasteiger partial charge in [0.15, 0.2) is 0 Å². The van der Waals surface area contributed by atoms with E-state index in [1.807, 2.05) is 30.3 Å². The molecular formula is C20H25N3O4. The zero-order valence-corrected chi connectivity index (χ0v) is 15.8. The third-order valence-electron chi connectivity index (χ3n) is 4.15. The molecule has 0 saturated carbocycles. The predicted molar refractivity (Wildman–Crippen MR) is 101 cm³/mol. The van der Waals surface area contributed by atoms with E-state index < -0.39 is 18.0 Å². The van der Waals surface area contributed by atoms with Crippen molar-refractivity contribution in [2.24, 2.45) is 5.92 Å². The number of methoxy groups -OCH3 is 1. The summed E-state index contributed by atoms with van der Waals surface area (Å²) in [5.41, 5.74) is 1.68. The quantitative estimate of drug-likeness (QED) is 0.744. The molecule has 0 aliphatic rings. The fourth-order valence-electron chi connectivity index (χ4n) is 2.69. The van der Waals surface area contributed by atoms with Crippen LogP contribution in [0.3, 0.4) is 0 Å². The Morgan fingerprint density at radius 2 is 1.93 bits per heavy atom. The Morgan fingerprint density at radius 1 is 1.19 bits per heavy atom. The van der Waals surface area contributed by atoms with Crippen molar-refractivity contribution in [3.8, 4) is 5.75 Å². The molecule has 0 fully saturated rings. The lowest BCUT2D eigenvalue weighted by molar-refractivity contribution is -0.140. The van der Waals surface area contributed by atoms with E-state index in [4.69, 9.17) is 4.74 Å². The molecule has 0 spiro atoms. The molecule has 144 valence electrons. The molecule has 2 amide bonds. The molecule has 0 saturated heterocycles. The van der Waals surface area contributed by atoms with Crippen molar-refractivity contribution in [2.45, 2.75) is 33.0 Å². The van der Waals surface area contributed by atoms with Crippen molar-refractivity contribution in [1.82, 2.24) is 15.2 Å². The number of nitrogens with zero attached hydrogens (tertiary/aromatic N) is 2. The number of aromatic nitrogens is 1. The molecule has 0 aliphatic heterocycles. The molecule has 2 N–H and O–H groups in total. The minimum Gasteiger partial charge on any atom is -0.496 e. The van der Waals surface area contributed by atoms with Crippen LogP contribution in [0.5, 0.6) is 5.75 Å². The van der Waals surface area contributed by atoms with Gasteiger partial charge in [0.1, 0.15) is 11.8 Å². The van der Waals surface area contributed by atoms with Crippen LogP contribution in [0.2, 0.25) is 0 Å². The highest BCUT2D eigenvalue weighted by Crippen LogP contribution is 2.20. The summed E-state index contributed by atoms with van der Waals surface area (Å²) in [4.78, 5) is 29.9.